The Labute approximate surface area is 190 Å². The second kappa shape index (κ2) is 8.50. The molecule has 2 aromatic rings. The van der Waals surface area contributed by atoms with Crippen LogP contribution in [-0.2, 0) is 11.2 Å². The highest BCUT2D eigenvalue weighted by Gasteiger charge is 2.50. The van der Waals surface area contributed by atoms with Gasteiger partial charge in [-0.25, -0.2) is 4.98 Å². The molecule has 2 N–H and O–H groups in total. The zero-order valence-electron chi connectivity index (χ0n) is 19.3. The third-order valence-corrected chi connectivity index (χ3v) is 7.79. The van der Waals surface area contributed by atoms with E-state index in [4.69, 9.17) is 0 Å². The van der Waals surface area contributed by atoms with Crippen molar-refractivity contribution in [1.82, 2.24) is 24.9 Å². The summed E-state index contributed by atoms with van der Waals surface area (Å²) in [5.74, 6) is 2.53. The molecule has 2 aromatic heterocycles. The van der Waals surface area contributed by atoms with Gasteiger partial charge in [0.2, 0.25) is 5.91 Å². The fourth-order valence-corrected chi connectivity index (χ4v) is 6.84. The molecule has 32 heavy (non-hydrogen) atoms. The monoisotopic (exact) mass is 437 g/mol. The highest BCUT2D eigenvalue weighted by molar-refractivity contribution is 5.93. The Morgan fingerprint density at radius 3 is 2.44 bits per heavy atom. The number of nitrogens with zero attached hydrogens (tertiary/aromatic N) is 3. The molecule has 0 radical (unpaired) electrons. The molecular formula is C25H35N5O2. The number of likely N-dealkylation sites (N-methyl/N-ethyl adjacent to an activating group) is 1. The first-order valence-corrected chi connectivity index (χ1v) is 12.1. The lowest BCUT2D eigenvalue weighted by Gasteiger charge is -2.56. The Balaban J connectivity index is 1.24. The van der Waals surface area contributed by atoms with Gasteiger partial charge in [-0.15, -0.1) is 0 Å². The Morgan fingerprint density at radius 2 is 1.78 bits per heavy atom. The molecule has 4 aliphatic rings. The summed E-state index contributed by atoms with van der Waals surface area (Å²) in [7, 11) is 3.95. The van der Waals surface area contributed by atoms with Crippen LogP contribution in [0.25, 0.3) is 5.65 Å². The van der Waals surface area contributed by atoms with E-state index >= 15 is 0 Å². The highest BCUT2D eigenvalue weighted by atomic mass is 16.2. The van der Waals surface area contributed by atoms with E-state index in [0.717, 1.165) is 30.8 Å². The van der Waals surface area contributed by atoms with E-state index in [1.807, 2.05) is 47.8 Å². The maximum absolute atomic E-state index is 13.1. The van der Waals surface area contributed by atoms with Crippen molar-refractivity contribution in [1.29, 1.82) is 0 Å². The third kappa shape index (κ3) is 4.40. The molecule has 0 unspecified atom stereocenters. The molecule has 7 heteroatoms. The lowest BCUT2D eigenvalue weighted by atomic mass is 9.49. The lowest BCUT2D eigenvalue weighted by Crippen LogP contribution is -2.51. The van der Waals surface area contributed by atoms with Crippen molar-refractivity contribution >= 4 is 17.5 Å². The molecule has 0 atom stereocenters. The van der Waals surface area contributed by atoms with Crippen LogP contribution in [0.2, 0.25) is 0 Å². The van der Waals surface area contributed by atoms with E-state index in [1.54, 1.807) is 0 Å². The van der Waals surface area contributed by atoms with Crippen molar-refractivity contribution in [2.75, 3.05) is 33.7 Å². The summed E-state index contributed by atoms with van der Waals surface area (Å²) < 4.78 is 1.82. The Kier molecular flexibility index (Phi) is 5.70. The number of carbonyl (C=O) groups excluding carboxylic acids is 2. The fourth-order valence-electron chi connectivity index (χ4n) is 6.84. The number of hydrogen-bond acceptors (Lipinski definition) is 4. The highest BCUT2D eigenvalue weighted by Crippen LogP contribution is 2.59. The summed E-state index contributed by atoms with van der Waals surface area (Å²) >= 11 is 0. The summed E-state index contributed by atoms with van der Waals surface area (Å²) in [5.41, 5.74) is 2.26. The van der Waals surface area contributed by atoms with Gasteiger partial charge in [-0.1, -0.05) is 6.07 Å². The number of amides is 2. The molecule has 4 fully saturated rings. The molecule has 0 saturated heterocycles. The molecule has 0 aliphatic heterocycles. The standard InChI is InChI=1S/C25H35N5O2/c1-29(2)7-6-26-23(31)11-20-15-30-21(4-3-5-22(30)28-20)24(32)27-16-25-12-17-8-18(13-25)10-19(9-17)14-25/h3-5,15,17-19H,6-14,16H2,1-2H3,(H,26,31)(H,27,32). The number of nitrogens with one attached hydrogen (secondary N) is 2. The molecule has 4 saturated carbocycles. The second-order valence-corrected chi connectivity index (χ2v) is 10.8. The van der Waals surface area contributed by atoms with Crippen molar-refractivity contribution in [3.05, 3.63) is 35.8 Å². The van der Waals surface area contributed by atoms with Crippen LogP contribution in [0.3, 0.4) is 0 Å². The number of hydrogen-bond donors (Lipinski definition) is 2. The van der Waals surface area contributed by atoms with Crippen molar-refractivity contribution in [2.45, 2.75) is 44.9 Å². The average molecular weight is 438 g/mol. The van der Waals surface area contributed by atoms with Crippen molar-refractivity contribution in [2.24, 2.45) is 23.2 Å². The molecular weight excluding hydrogens is 402 g/mol. The van der Waals surface area contributed by atoms with Gasteiger partial charge in [0.15, 0.2) is 0 Å². The molecule has 0 aromatic carbocycles. The summed E-state index contributed by atoms with van der Waals surface area (Å²) in [6.45, 7) is 2.18. The van der Waals surface area contributed by atoms with E-state index in [0.29, 0.717) is 29.0 Å². The normalized spacial score (nSPS) is 28.4. The first kappa shape index (κ1) is 21.4. The predicted octanol–water partition coefficient (Wildman–Crippen LogP) is 2.50. The van der Waals surface area contributed by atoms with E-state index in [1.165, 1.54) is 38.5 Å². The van der Waals surface area contributed by atoms with Crippen molar-refractivity contribution in [3.8, 4) is 0 Å². The van der Waals surface area contributed by atoms with Crippen LogP contribution in [-0.4, -0.2) is 59.8 Å². The molecule has 7 nitrogen and oxygen atoms in total. The van der Waals surface area contributed by atoms with Gasteiger partial charge in [0.25, 0.3) is 5.91 Å². The largest absolute Gasteiger partial charge is 0.354 e. The maximum Gasteiger partial charge on any atom is 0.268 e. The second-order valence-electron chi connectivity index (χ2n) is 10.8. The first-order chi connectivity index (χ1) is 15.4. The van der Waals surface area contributed by atoms with Crippen LogP contribution in [0.1, 0.15) is 54.7 Å². The Hall–Kier alpha value is -2.41. The van der Waals surface area contributed by atoms with E-state index in [2.05, 4.69) is 15.6 Å². The smallest absolute Gasteiger partial charge is 0.268 e. The summed E-state index contributed by atoms with van der Waals surface area (Å²) in [4.78, 5) is 32.0. The maximum atomic E-state index is 13.1. The SMILES string of the molecule is CN(C)CCNC(=O)Cc1cn2c(C(=O)NCC34CC5CC(CC(C5)C3)C4)cccc2n1. The van der Waals surface area contributed by atoms with Gasteiger partial charge in [-0.05, 0) is 87.9 Å². The number of carbonyl (C=O) groups is 2. The third-order valence-electron chi connectivity index (χ3n) is 7.79. The lowest BCUT2D eigenvalue weighted by molar-refractivity contribution is -0.120. The minimum absolute atomic E-state index is 0.0503. The van der Waals surface area contributed by atoms with Gasteiger partial charge >= 0.3 is 0 Å². The van der Waals surface area contributed by atoms with Crippen molar-refractivity contribution in [3.63, 3.8) is 0 Å². The quantitative estimate of drug-likeness (QED) is 0.665. The van der Waals surface area contributed by atoms with Crippen molar-refractivity contribution < 1.29 is 9.59 Å². The first-order valence-electron chi connectivity index (χ1n) is 12.1. The Bertz CT molecular complexity index is 976. The minimum Gasteiger partial charge on any atom is -0.354 e. The molecule has 0 spiro atoms. The van der Waals surface area contributed by atoms with Gasteiger partial charge in [0.1, 0.15) is 11.3 Å². The van der Waals surface area contributed by atoms with Gasteiger partial charge in [0, 0.05) is 25.8 Å². The molecule has 172 valence electrons. The zero-order valence-corrected chi connectivity index (χ0v) is 19.3. The minimum atomic E-state index is -0.0527. The molecule has 6 rings (SSSR count). The van der Waals surface area contributed by atoms with Gasteiger partial charge < -0.3 is 15.5 Å². The molecule has 2 heterocycles. The summed E-state index contributed by atoms with van der Waals surface area (Å²) in [6, 6.07) is 5.58. The number of imidazole rings is 1. The van der Waals surface area contributed by atoms with Gasteiger partial charge in [-0.2, -0.15) is 0 Å². The van der Waals surface area contributed by atoms with E-state index in [9.17, 15) is 9.59 Å². The number of fused-ring (bicyclic) bond motifs is 1. The fraction of sp³-hybridized carbons (Fsp3) is 0.640. The molecule has 4 aliphatic carbocycles. The van der Waals surface area contributed by atoms with Gasteiger partial charge in [0.05, 0.1) is 12.1 Å². The average Bonchev–Trinajstić information content (AvgIpc) is 3.13. The van der Waals surface area contributed by atoms with Crippen LogP contribution in [0.4, 0.5) is 0 Å². The summed E-state index contributed by atoms with van der Waals surface area (Å²) in [6.07, 6.45) is 10.1. The number of aromatic nitrogens is 2. The summed E-state index contributed by atoms with van der Waals surface area (Å²) in [5, 5.41) is 6.18. The predicted molar refractivity (Wildman–Crippen MR) is 123 cm³/mol. The van der Waals surface area contributed by atoms with Crippen LogP contribution < -0.4 is 10.6 Å². The topological polar surface area (TPSA) is 78.7 Å². The van der Waals surface area contributed by atoms with Crippen LogP contribution in [0, 0.1) is 23.2 Å². The number of rotatable bonds is 8. The molecule has 4 bridgehead atoms. The number of pyridine rings is 1. The van der Waals surface area contributed by atoms with Gasteiger partial charge in [-0.3, -0.25) is 14.0 Å². The van der Waals surface area contributed by atoms with E-state index < -0.39 is 0 Å². The van der Waals surface area contributed by atoms with Crippen LogP contribution in [0.15, 0.2) is 24.4 Å². The van der Waals surface area contributed by atoms with Crippen LogP contribution in [0.5, 0.6) is 0 Å². The molecule has 2 amide bonds. The van der Waals surface area contributed by atoms with Crippen LogP contribution >= 0.6 is 0 Å². The Morgan fingerprint density at radius 1 is 1.09 bits per heavy atom. The van der Waals surface area contributed by atoms with E-state index in [-0.39, 0.29) is 18.2 Å². The zero-order chi connectivity index (χ0) is 22.3.